The first-order valence-corrected chi connectivity index (χ1v) is 9.57. The van der Waals surface area contributed by atoms with E-state index in [1.165, 1.54) is 44.1 Å². The molecule has 4 bridgehead atoms. The summed E-state index contributed by atoms with van der Waals surface area (Å²) in [7, 11) is 1.75. The molecule has 5 rings (SSSR count). The summed E-state index contributed by atoms with van der Waals surface area (Å²) in [5.41, 5.74) is 2.18. The normalized spacial score (nSPS) is 32.4. The zero-order valence-corrected chi connectivity index (χ0v) is 15.3. The summed E-state index contributed by atoms with van der Waals surface area (Å²) in [6.45, 7) is 2.83. The van der Waals surface area contributed by atoms with Crippen molar-refractivity contribution in [1.29, 1.82) is 0 Å². The van der Waals surface area contributed by atoms with Gasteiger partial charge in [-0.15, -0.1) is 6.42 Å². The standard InChI is InChI=1S/C22H28O3/c1-4-18-6-7-19(23-3)20(21(18)25-14-24-5-2)22-11-15-8-16(12-22)10-17(9-15)13-22/h1,6-7,15-17H,5,8-14H2,2-3H3. The van der Waals surface area contributed by atoms with E-state index in [0.717, 1.165) is 34.8 Å². The lowest BCUT2D eigenvalue weighted by Gasteiger charge is -2.57. The van der Waals surface area contributed by atoms with Gasteiger partial charge in [-0.05, 0) is 75.3 Å². The summed E-state index contributed by atoms with van der Waals surface area (Å²) in [6, 6.07) is 3.96. The van der Waals surface area contributed by atoms with Crippen LogP contribution in [0.3, 0.4) is 0 Å². The van der Waals surface area contributed by atoms with E-state index in [1.807, 2.05) is 19.1 Å². The van der Waals surface area contributed by atoms with Crippen molar-refractivity contribution >= 4 is 0 Å². The minimum absolute atomic E-state index is 0.161. The van der Waals surface area contributed by atoms with Gasteiger partial charge in [0.1, 0.15) is 11.5 Å². The maximum absolute atomic E-state index is 6.09. The lowest BCUT2D eigenvalue weighted by Crippen LogP contribution is -2.48. The SMILES string of the molecule is C#Cc1ccc(OC)c(C23CC4CC(CC(C4)C2)C3)c1OCOCC. The van der Waals surface area contributed by atoms with Crippen molar-refractivity contribution in [3.8, 4) is 23.8 Å². The van der Waals surface area contributed by atoms with Crippen LogP contribution in [0.4, 0.5) is 0 Å². The van der Waals surface area contributed by atoms with Crippen LogP contribution in [-0.4, -0.2) is 20.5 Å². The summed E-state index contributed by atoms with van der Waals surface area (Å²) in [5, 5.41) is 0. The third-order valence-electron chi connectivity index (χ3n) is 6.55. The molecule has 4 saturated carbocycles. The largest absolute Gasteiger partial charge is 0.496 e. The zero-order chi connectivity index (χ0) is 17.4. The monoisotopic (exact) mass is 340 g/mol. The predicted octanol–water partition coefficient (Wildman–Crippen LogP) is 4.52. The molecule has 1 aromatic carbocycles. The molecule has 4 aliphatic carbocycles. The van der Waals surface area contributed by atoms with Crippen LogP contribution in [0, 0.1) is 30.1 Å². The second-order valence-corrected chi connectivity index (χ2v) is 8.12. The summed E-state index contributed by atoms with van der Waals surface area (Å²) in [4.78, 5) is 0. The van der Waals surface area contributed by atoms with E-state index < -0.39 is 0 Å². The molecule has 3 nitrogen and oxygen atoms in total. The number of terminal acetylenes is 1. The first-order chi connectivity index (χ1) is 12.2. The van der Waals surface area contributed by atoms with Crippen LogP contribution in [0.15, 0.2) is 12.1 Å². The average molecular weight is 340 g/mol. The molecule has 0 atom stereocenters. The van der Waals surface area contributed by atoms with Gasteiger partial charge in [-0.25, -0.2) is 0 Å². The van der Waals surface area contributed by atoms with Crippen molar-refractivity contribution in [1.82, 2.24) is 0 Å². The molecule has 4 aliphatic rings. The molecular formula is C22H28O3. The second kappa shape index (κ2) is 6.57. The Kier molecular flexibility index (Phi) is 4.41. The maximum atomic E-state index is 6.09. The first-order valence-electron chi connectivity index (χ1n) is 9.57. The smallest absolute Gasteiger partial charge is 0.189 e. The zero-order valence-electron chi connectivity index (χ0n) is 15.3. The van der Waals surface area contributed by atoms with Crippen LogP contribution in [0.5, 0.6) is 11.5 Å². The third-order valence-corrected chi connectivity index (χ3v) is 6.55. The highest BCUT2D eigenvalue weighted by atomic mass is 16.7. The van der Waals surface area contributed by atoms with Gasteiger partial charge in [0.25, 0.3) is 0 Å². The fourth-order valence-electron chi connectivity index (χ4n) is 6.10. The van der Waals surface area contributed by atoms with E-state index >= 15 is 0 Å². The molecule has 0 aliphatic heterocycles. The number of rotatable bonds is 6. The number of hydrogen-bond acceptors (Lipinski definition) is 3. The fourth-order valence-corrected chi connectivity index (χ4v) is 6.10. The molecule has 134 valence electrons. The molecule has 0 radical (unpaired) electrons. The number of methoxy groups -OCH3 is 1. The van der Waals surface area contributed by atoms with Crippen LogP contribution in [0.25, 0.3) is 0 Å². The number of benzene rings is 1. The van der Waals surface area contributed by atoms with Gasteiger partial charge in [0, 0.05) is 17.6 Å². The number of ether oxygens (including phenoxy) is 3. The summed E-state index contributed by atoms with van der Waals surface area (Å²) < 4.78 is 17.3. The van der Waals surface area contributed by atoms with Crippen LogP contribution >= 0.6 is 0 Å². The average Bonchev–Trinajstić information content (AvgIpc) is 2.60. The highest BCUT2D eigenvalue weighted by Gasteiger charge is 2.53. The Morgan fingerprint density at radius 2 is 1.76 bits per heavy atom. The molecule has 3 heteroatoms. The summed E-state index contributed by atoms with van der Waals surface area (Å²) >= 11 is 0. The molecule has 0 saturated heterocycles. The van der Waals surface area contributed by atoms with Crippen molar-refractivity contribution in [3.05, 3.63) is 23.3 Å². The Bertz CT molecular complexity index is 650. The van der Waals surface area contributed by atoms with E-state index in [0.29, 0.717) is 6.61 Å². The third kappa shape index (κ3) is 2.81. The minimum atomic E-state index is 0.161. The molecule has 0 amide bonds. The maximum Gasteiger partial charge on any atom is 0.189 e. The molecule has 4 fully saturated rings. The van der Waals surface area contributed by atoms with E-state index in [9.17, 15) is 0 Å². The molecular weight excluding hydrogens is 312 g/mol. The van der Waals surface area contributed by atoms with Crippen molar-refractivity contribution in [2.45, 2.75) is 50.9 Å². The molecule has 0 aromatic heterocycles. The van der Waals surface area contributed by atoms with E-state index in [1.54, 1.807) is 7.11 Å². The van der Waals surface area contributed by atoms with Crippen LogP contribution in [0.1, 0.15) is 56.6 Å². The molecule has 25 heavy (non-hydrogen) atoms. The van der Waals surface area contributed by atoms with E-state index in [-0.39, 0.29) is 12.2 Å². The van der Waals surface area contributed by atoms with Crippen molar-refractivity contribution < 1.29 is 14.2 Å². The predicted molar refractivity (Wildman–Crippen MR) is 97.9 cm³/mol. The van der Waals surface area contributed by atoms with Crippen LogP contribution < -0.4 is 9.47 Å². The van der Waals surface area contributed by atoms with Crippen molar-refractivity contribution in [3.63, 3.8) is 0 Å². The van der Waals surface area contributed by atoms with Crippen LogP contribution in [-0.2, 0) is 10.2 Å². The summed E-state index contributed by atoms with van der Waals surface area (Å²) in [5.74, 6) is 7.11. The van der Waals surface area contributed by atoms with E-state index in [2.05, 4.69) is 5.92 Å². The Hall–Kier alpha value is -1.66. The molecule has 0 spiro atoms. The Morgan fingerprint density at radius 3 is 2.28 bits per heavy atom. The Balaban J connectivity index is 1.80. The summed E-state index contributed by atoms with van der Waals surface area (Å²) in [6.07, 6.45) is 13.8. The van der Waals surface area contributed by atoms with Gasteiger partial charge < -0.3 is 14.2 Å². The molecule has 0 heterocycles. The lowest BCUT2D eigenvalue weighted by atomic mass is 9.48. The number of hydrogen-bond donors (Lipinski definition) is 0. The van der Waals surface area contributed by atoms with Crippen molar-refractivity contribution in [2.24, 2.45) is 17.8 Å². The van der Waals surface area contributed by atoms with Gasteiger partial charge in [-0.2, -0.15) is 0 Å². The van der Waals surface area contributed by atoms with Gasteiger partial charge in [0.15, 0.2) is 6.79 Å². The van der Waals surface area contributed by atoms with Gasteiger partial charge in [0.2, 0.25) is 0 Å². The fraction of sp³-hybridized carbons (Fsp3) is 0.636. The quantitative estimate of drug-likeness (QED) is 0.433. The topological polar surface area (TPSA) is 27.7 Å². The van der Waals surface area contributed by atoms with Crippen molar-refractivity contribution in [2.75, 3.05) is 20.5 Å². The molecule has 0 N–H and O–H groups in total. The minimum Gasteiger partial charge on any atom is -0.496 e. The van der Waals surface area contributed by atoms with Crippen LogP contribution in [0.2, 0.25) is 0 Å². The highest BCUT2D eigenvalue weighted by Crippen LogP contribution is 2.63. The molecule has 0 unspecified atom stereocenters. The highest BCUT2D eigenvalue weighted by molar-refractivity contribution is 5.59. The Morgan fingerprint density at radius 1 is 1.12 bits per heavy atom. The first kappa shape index (κ1) is 16.8. The second-order valence-electron chi connectivity index (χ2n) is 8.12. The van der Waals surface area contributed by atoms with Gasteiger partial charge in [0.05, 0.1) is 12.7 Å². The van der Waals surface area contributed by atoms with Gasteiger partial charge >= 0.3 is 0 Å². The van der Waals surface area contributed by atoms with Gasteiger partial charge in [-0.1, -0.05) is 5.92 Å². The molecule has 1 aromatic rings. The van der Waals surface area contributed by atoms with E-state index in [4.69, 9.17) is 20.6 Å². The van der Waals surface area contributed by atoms with Gasteiger partial charge in [-0.3, -0.25) is 0 Å². The lowest BCUT2D eigenvalue weighted by molar-refractivity contribution is -0.0120. The Labute approximate surface area is 151 Å².